The van der Waals surface area contributed by atoms with E-state index in [-0.39, 0.29) is 6.04 Å². The highest BCUT2D eigenvalue weighted by atomic mass is 16.5. The van der Waals surface area contributed by atoms with Crippen molar-refractivity contribution in [2.75, 3.05) is 0 Å². The van der Waals surface area contributed by atoms with Gasteiger partial charge in [0, 0.05) is 12.5 Å². The first-order valence-corrected chi connectivity index (χ1v) is 7.59. The number of hydrogen-bond donors (Lipinski definition) is 1. The smallest absolute Gasteiger partial charge is 0.264 e. The second kappa shape index (κ2) is 6.26. The van der Waals surface area contributed by atoms with Gasteiger partial charge < -0.3 is 15.0 Å². The van der Waals surface area contributed by atoms with Crippen molar-refractivity contribution in [2.24, 2.45) is 5.73 Å². The van der Waals surface area contributed by atoms with Crippen molar-refractivity contribution in [1.29, 1.82) is 0 Å². The summed E-state index contributed by atoms with van der Waals surface area (Å²) >= 11 is 0. The number of hydrogen-bond acceptors (Lipinski definition) is 5. The molecule has 0 saturated heterocycles. The number of nitrogens with two attached hydrogens (primary N) is 1. The van der Waals surface area contributed by atoms with E-state index in [2.05, 4.69) is 23.1 Å². The molecule has 1 atom stereocenters. The van der Waals surface area contributed by atoms with Crippen molar-refractivity contribution in [3.8, 4) is 5.75 Å². The number of ether oxygens (including phenoxy) is 1. The van der Waals surface area contributed by atoms with E-state index in [0.29, 0.717) is 12.5 Å². The molecule has 1 aromatic heterocycles. The minimum absolute atomic E-state index is 0.122. The number of nitrogens with zero attached hydrogens (tertiary/aromatic N) is 2. The summed E-state index contributed by atoms with van der Waals surface area (Å²) in [5, 5.41) is 3.91. The van der Waals surface area contributed by atoms with Crippen LogP contribution in [0.15, 0.2) is 22.7 Å². The molecule has 0 bridgehead atoms. The SMILES string of the molecule is CCCc1noc(COc2ccc3c(c2)[C@H](N)CCC3)n1. The molecule has 1 aliphatic rings. The molecule has 0 spiro atoms. The van der Waals surface area contributed by atoms with E-state index in [9.17, 15) is 0 Å². The molecule has 0 saturated carbocycles. The summed E-state index contributed by atoms with van der Waals surface area (Å²) in [4.78, 5) is 4.29. The van der Waals surface area contributed by atoms with E-state index in [1.807, 2.05) is 12.1 Å². The molecule has 0 amide bonds. The number of aryl methyl sites for hydroxylation is 2. The van der Waals surface area contributed by atoms with Crippen LogP contribution in [0, 0.1) is 0 Å². The number of benzene rings is 1. The molecule has 1 aliphatic carbocycles. The fourth-order valence-corrected chi connectivity index (χ4v) is 2.72. The predicted octanol–water partition coefficient (Wildman–Crippen LogP) is 2.94. The maximum atomic E-state index is 6.16. The Hall–Kier alpha value is -1.88. The highest BCUT2D eigenvalue weighted by molar-refractivity contribution is 5.39. The molecule has 5 nitrogen and oxygen atoms in total. The van der Waals surface area contributed by atoms with E-state index in [1.165, 1.54) is 11.1 Å². The fraction of sp³-hybridized carbons (Fsp3) is 0.500. The van der Waals surface area contributed by atoms with Crippen molar-refractivity contribution in [3.63, 3.8) is 0 Å². The van der Waals surface area contributed by atoms with E-state index >= 15 is 0 Å². The minimum atomic E-state index is 0.122. The van der Waals surface area contributed by atoms with Crippen LogP contribution in [-0.4, -0.2) is 10.1 Å². The largest absolute Gasteiger partial charge is 0.484 e. The highest BCUT2D eigenvalue weighted by Gasteiger charge is 2.17. The van der Waals surface area contributed by atoms with Gasteiger partial charge in [-0.15, -0.1) is 0 Å². The monoisotopic (exact) mass is 287 g/mol. The normalized spacial score (nSPS) is 17.5. The van der Waals surface area contributed by atoms with Gasteiger partial charge in [0.2, 0.25) is 0 Å². The van der Waals surface area contributed by atoms with Crippen LogP contribution in [-0.2, 0) is 19.4 Å². The summed E-state index contributed by atoms with van der Waals surface area (Å²) in [7, 11) is 0. The molecular weight excluding hydrogens is 266 g/mol. The summed E-state index contributed by atoms with van der Waals surface area (Å²) in [6, 6.07) is 6.26. The van der Waals surface area contributed by atoms with Crippen LogP contribution < -0.4 is 10.5 Å². The van der Waals surface area contributed by atoms with Gasteiger partial charge in [-0.05, 0) is 48.9 Å². The zero-order chi connectivity index (χ0) is 14.7. The van der Waals surface area contributed by atoms with Gasteiger partial charge in [-0.2, -0.15) is 4.98 Å². The van der Waals surface area contributed by atoms with Crippen molar-refractivity contribution < 1.29 is 9.26 Å². The van der Waals surface area contributed by atoms with Crippen LogP contribution in [0.4, 0.5) is 0 Å². The van der Waals surface area contributed by atoms with Gasteiger partial charge in [-0.25, -0.2) is 0 Å². The van der Waals surface area contributed by atoms with Gasteiger partial charge in [-0.3, -0.25) is 0 Å². The highest BCUT2D eigenvalue weighted by Crippen LogP contribution is 2.31. The van der Waals surface area contributed by atoms with Gasteiger partial charge in [0.25, 0.3) is 5.89 Å². The quantitative estimate of drug-likeness (QED) is 0.915. The van der Waals surface area contributed by atoms with Gasteiger partial charge in [-0.1, -0.05) is 18.1 Å². The van der Waals surface area contributed by atoms with E-state index in [0.717, 1.165) is 43.7 Å². The second-order valence-corrected chi connectivity index (χ2v) is 5.50. The molecule has 1 heterocycles. The first-order chi connectivity index (χ1) is 10.3. The fourth-order valence-electron chi connectivity index (χ4n) is 2.72. The third-order valence-corrected chi connectivity index (χ3v) is 3.82. The van der Waals surface area contributed by atoms with Crippen LogP contribution in [0.2, 0.25) is 0 Å². The Morgan fingerprint density at radius 2 is 2.33 bits per heavy atom. The maximum absolute atomic E-state index is 6.16. The van der Waals surface area contributed by atoms with Crippen LogP contribution in [0.1, 0.15) is 55.1 Å². The Bertz CT molecular complexity index is 609. The minimum Gasteiger partial charge on any atom is -0.484 e. The first kappa shape index (κ1) is 14.1. The molecule has 1 aromatic carbocycles. The molecule has 0 unspecified atom stereocenters. The number of fused-ring (bicyclic) bond motifs is 1. The summed E-state index contributed by atoms with van der Waals surface area (Å²) < 4.78 is 10.9. The van der Waals surface area contributed by atoms with Crippen molar-refractivity contribution >= 4 is 0 Å². The zero-order valence-corrected chi connectivity index (χ0v) is 12.3. The third-order valence-electron chi connectivity index (χ3n) is 3.82. The number of aromatic nitrogens is 2. The van der Waals surface area contributed by atoms with Gasteiger partial charge in [0.1, 0.15) is 5.75 Å². The Morgan fingerprint density at radius 1 is 1.43 bits per heavy atom. The van der Waals surface area contributed by atoms with Crippen molar-refractivity contribution in [1.82, 2.24) is 10.1 Å². The van der Waals surface area contributed by atoms with Crippen molar-refractivity contribution in [2.45, 2.75) is 51.7 Å². The van der Waals surface area contributed by atoms with E-state index < -0.39 is 0 Å². The lowest BCUT2D eigenvalue weighted by Gasteiger charge is -2.22. The van der Waals surface area contributed by atoms with E-state index in [1.54, 1.807) is 0 Å². The lowest BCUT2D eigenvalue weighted by Crippen LogP contribution is -2.17. The van der Waals surface area contributed by atoms with Gasteiger partial charge >= 0.3 is 0 Å². The lowest BCUT2D eigenvalue weighted by atomic mass is 9.88. The standard InChI is InChI=1S/C16H21N3O2/c1-2-4-15-18-16(21-19-15)10-20-12-8-7-11-5-3-6-14(17)13(11)9-12/h7-9,14H,2-6,10,17H2,1H3/t14-/m1/s1. The molecule has 0 aliphatic heterocycles. The molecule has 21 heavy (non-hydrogen) atoms. The Kier molecular flexibility index (Phi) is 4.20. The molecule has 0 radical (unpaired) electrons. The van der Waals surface area contributed by atoms with Crippen LogP contribution >= 0.6 is 0 Å². The molecule has 3 rings (SSSR count). The predicted molar refractivity (Wildman–Crippen MR) is 78.9 cm³/mol. The molecule has 2 N–H and O–H groups in total. The van der Waals surface area contributed by atoms with E-state index in [4.69, 9.17) is 15.0 Å². The Morgan fingerprint density at radius 3 is 3.19 bits per heavy atom. The molecule has 0 fully saturated rings. The lowest BCUT2D eigenvalue weighted by molar-refractivity contribution is 0.242. The average molecular weight is 287 g/mol. The molecular formula is C16H21N3O2. The Balaban J connectivity index is 1.66. The topological polar surface area (TPSA) is 74.2 Å². The Labute approximate surface area is 124 Å². The molecule has 2 aromatic rings. The maximum Gasteiger partial charge on any atom is 0.264 e. The molecule has 112 valence electrons. The first-order valence-electron chi connectivity index (χ1n) is 7.59. The van der Waals surface area contributed by atoms with Crippen LogP contribution in [0.5, 0.6) is 5.75 Å². The average Bonchev–Trinajstić information content (AvgIpc) is 2.94. The second-order valence-electron chi connectivity index (χ2n) is 5.50. The van der Waals surface area contributed by atoms with Crippen LogP contribution in [0.25, 0.3) is 0 Å². The number of rotatable bonds is 5. The van der Waals surface area contributed by atoms with Gasteiger partial charge in [0.15, 0.2) is 12.4 Å². The van der Waals surface area contributed by atoms with Crippen molar-refractivity contribution in [3.05, 3.63) is 41.0 Å². The molecule has 5 heteroatoms. The van der Waals surface area contributed by atoms with Gasteiger partial charge in [0.05, 0.1) is 0 Å². The van der Waals surface area contributed by atoms with Crippen LogP contribution in [0.3, 0.4) is 0 Å². The summed E-state index contributed by atoms with van der Waals surface area (Å²) in [6.07, 6.45) is 5.14. The summed E-state index contributed by atoms with van der Waals surface area (Å²) in [5.74, 6) is 2.06. The summed E-state index contributed by atoms with van der Waals surface area (Å²) in [6.45, 7) is 2.38. The third kappa shape index (κ3) is 3.24. The zero-order valence-electron chi connectivity index (χ0n) is 12.3. The summed E-state index contributed by atoms with van der Waals surface area (Å²) in [5.41, 5.74) is 8.70.